The van der Waals surface area contributed by atoms with E-state index in [0.29, 0.717) is 0 Å². The molecule has 7 heteroatoms. The van der Waals surface area contributed by atoms with E-state index in [1.54, 1.807) is 5.32 Å². The van der Waals surface area contributed by atoms with Crippen molar-refractivity contribution in [3.8, 4) is 0 Å². The van der Waals surface area contributed by atoms with Crippen LogP contribution in [0.4, 0.5) is 0 Å². The highest BCUT2D eigenvalue weighted by molar-refractivity contribution is 8.32. The van der Waals surface area contributed by atoms with Crippen molar-refractivity contribution in [1.29, 1.82) is 0 Å². The lowest BCUT2D eigenvalue weighted by Crippen LogP contribution is -2.23. The number of amides is 2. The molecule has 1 heterocycles. The van der Waals surface area contributed by atoms with Crippen LogP contribution in [-0.2, 0) is 29.6 Å². The molecule has 1 aliphatic heterocycles. The molecule has 0 saturated heterocycles. The van der Waals surface area contributed by atoms with Crippen LogP contribution in [0.15, 0.2) is 11.0 Å². The van der Waals surface area contributed by atoms with Crippen LogP contribution >= 0.6 is 0 Å². The lowest BCUT2D eigenvalue weighted by atomic mass is 10.6. The molecule has 0 aliphatic carbocycles. The van der Waals surface area contributed by atoms with Crippen molar-refractivity contribution in [2.24, 2.45) is 0 Å². The third-order valence-corrected chi connectivity index (χ3v) is 2.40. The number of nitrogens with one attached hydrogen (secondary N) is 1. The highest BCUT2D eigenvalue weighted by atomic mass is 32.8. The zero-order chi connectivity index (χ0) is 8.65. The molecule has 1 aliphatic rings. The Morgan fingerprint density at radius 2 is 2.09 bits per heavy atom. The Kier molecular flexibility index (Phi) is 1.78. The summed E-state index contributed by atoms with van der Waals surface area (Å²) in [6, 6.07) is 0. The molecule has 0 bridgehead atoms. The number of hydrogen-bond donors (Lipinski definition) is 2. The first-order valence-electron chi connectivity index (χ1n) is 2.46. The van der Waals surface area contributed by atoms with Gasteiger partial charge >= 0.3 is 0 Å². The van der Waals surface area contributed by atoms with Crippen LogP contribution in [0.5, 0.6) is 0 Å². The molecule has 0 aromatic heterocycles. The summed E-state index contributed by atoms with van der Waals surface area (Å²) < 4.78 is 19.3. The minimum atomic E-state index is -3.72. The fourth-order valence-corrected chi connectivity index (χ4v) is 1.50. The van der Waals surface area contributed by atoms with Gasteiger partial charge in [-0.3, -0.25) is 14.9 Å². The minimum absolute atomic E-state index is 0.544. The second-order valence-electron chi connectivity index (χ2n) is 1.80. The van der Waals surface area contributed by atoms with Gasteiger partial charge in [0, 0.05) is 17.3 Å². The van der Waals surface area contributed by atoms with Crippen molar-refractivity contribution in [3.63, 3.8) is 0 Å². The SMILES string of the molecule is O=C1C=C(S(=O)(O)=S)C(=O)N1. The molecule has 0 fully saturated rings. The fraction of sp³-hybridized carbons (Fsp3) is 0. The number of hydrogen-bond acceptors (Lipinski definition) is 4. The Balaban J connectivity index is 3.18. The van der Waals surface area contributed by atoms with Gasteiger partial charge in [-0.1, -0.05) is 0 Å². The second-order valence-corrected chi connectivity index (χ2v) is 4.55. The van der Waals surface area contributed by atoms with E-state index in [1.165, 1.54) is 0 Å². The maximum atomic E-state index is 10.6. The van der Waals surface area contributed by atoms with E-state index in [2.05, 4.69) is 11.2 Å². The molecule has 0 spiro atoms. The van der Waals surface area contributed by atoms with E-state index in [0.717, 1.165) is 6.08 Å². The zero-order valence-corrected chi connectivity index (χ0v) is 6.70. The van der Waals surface area contributed by atoms with Crippen LogP contribution in [0.2, 0.25) is 0 Å². The predicted molar refractivity (Wildman–Crippen MR) is 39.4 cm³/mol. The Morgan fingerprint density at radius 1 is 1.55 bits per heavy atom. The van der Waals surface area contributed by atoms with E-state index in [4.69, 9.17) is 4.55 Å². The topological polar surface area (TPSA) is 83.5 Å². The van der Waals surface area contributed by atoms with Crippen LogP contribution in [0, 0.1) is 0 Å². The number of imide groups is 1. The minimum Gasteiger partial charge on any atom is -0.302 e. The molecule has 60 valence electrons. The zero-order valence-electron chi connectivity index (χ0n) is 5.07. The van der Waals surface area contributed by atoms with Gasteiger partial charge in [0.25, 0.3) is 11.8 Å². The summed E-state index contributed by atoms with van der Waals surface area (Å²) in [7, 11) is -3.72. The van der Waals surface area contributed by atoms with Gasteiger partial charge in [-0.25, -0.2) is 4.21 Å². The third-order valence-electron chi connectivity index (χ3n) is 1.00. The van der Waals surface area contributed by atoms with Crippen LogP contribution in [0.3, 0.4) is 0 Å². The summed E-state index contributed by atoms with van der Waals surface area (Å²) in [4.78, 5) is 20.5. The maximum absolute atomic E-state index is 10.6. The summed E-state index contributed by atoms with van der Waals surface area (Å²) >= 11 is 4.08. The normalized spacial score (nSPS) is 22.5. The molecule has 5 nitrogen and oxygen atoms in total. The summed E-state index contributed by atoms with van der Waals surface area (Å²) in [5, 5.41) is 1.80. The summed E-state index contributed by atoms with van der Waals surface area (Å²) in [6.07, 6.45) is 0.734. The van der Waals surface area contributed by atoms with Gasteiger partial charge in [0.15, 0.2) is 8.77 Å². The molecule has 0 aromatic rings. The van der Waals surface area contributed by atoms with E-state index in [1.807, 2.05) is 0 Å². The average molecular weight is 193 g/mol. The molecule has 0 saturated carbocycles. The van der Waals surface area contributed by atoms with Gasteiger partial charge in [0.1, 0.15) is 4.91 Å². The van der Waals surface area contributed by atoms with Crippen molar-refractivity contribution in [2.75, 3.05) is 0 Å². The highest BCUT2D eigenvalue weighted by Gasteiger charge is 2.27. The van der Waals surface area contributed by atoms with E-state index in [-0.39, 0.29) is 0 Å². The lowest BCUT2D eigenvalue weighted by molar-refractivity contribution is -0.123. The first-order chi connectivity index (χ1) is 4.91. The van der Waals surface area contributed by atoms with Gasteiger partial charge in [0.05, 0.1) is 0 Å². The maximum Gasteiger partial charge on any atom is 0.269 e. The first kappa shape index (κ1) is 8.31. The highest BCUT2D eigenvalue weighted by Crippen LogP contribution is 2.08. The predicted octanol–water partition coefficient (Wildman–Crippen LogP) is -1.25. The average Bonchev–Trinajstić information content (AvgIpc) is 2.08. The molecule has 0 radical (unpaired) electrons. The van der Waals surface area contributed by atoms with E-state index >= 15 is 0 Å². The van der Waals surface area contributed by atoms with Gasteiger partial charge < -0.3 is 4.55 Å². The Morgan fingerprint density at radius 3 is 2.27 bits per heavy atom. The van der Waals surface area contributed by atoms with Crippen molar-refractivity contribution in [2.45, 2.75) is 0 Å². The van der Waals surface area contributed by atoms with Crippen LogP contribution < -0.4 is 5.32 Å². The van der Waals surface area contributed by atoms with Gasteiger partial charge in [-0.15, -0.1) is 0 Å². The summed E-state index contributed by atoms with van der Waals surface area (Å²) in [5.41, 5.74) is 0. The Labute approximate surface area is 67.0 Å². The smallest absolute Gasteiger partial charge is 0.269 e. The molecule has 2 amide bonds. The quantitative estimate of drug-likeness (QED) is 0.508. The molecular weight excluding hydrogens is 190 g/mol. The standard InChI is InChI=1S/C4H3NO4S2/c6-3-1-2(4(7)5-3)11(8,9)10/h1H,(H,5,6,7)(H,8,9,10). The number of carbonyl (C=O) groups excluding carboxylic acids is 2. The number of carbonyl (C=O) groups is 2. The van der Waals surface area contributed by atoms with Crippen molar-refractivity contribution >= 4 is 31.8 Å². The summed E-state index contributed by atoms with van der Waals surface area (Å²) in [5.74, 6) is -1.60. The fourth-order valence-electron chi connectivity index (χ4n) is 0.586. The van der Waals surface area contributed by atoms with Crippen LogP contribution in [0.25, 0.3) is 0 Å². The van der Waals surface area contributed by atoms with Gasteiger partial charge in [-0.05, 0) is 0 Å². The van der Waals surface area contributed by atoms with E-state index < -0.39 is 25.5 Å². The van der Waals surface area contributed by atoms with Crippen LogP contribution in [-0.4, -0.2) is 20.6 Å². The van der Waals surface area contributed by atoms with Crippen molar-refractivity contribution in [3.05, 3.63) is 11.0 Å². The largest absolute Gasteiger partial charge is 0.302 e. The Hall–Kier alpha value is -0.790. The number of rotatable bonds is 1. The molecule has 1 rings (SSSR count). The molecule has 2 N–H and O–H groups in total. The van der Waals surface area contributed by atoms with E-state index in [9.17, 15) is 13.8 Å². The lowest BCUT2D eigenvalue weighted by Gasteiger charge is -1.94. The Bertz CT molecular complexity index is 352. The van der Waals surface area contributed by atoms with Crippen molar-refractivity contribution in [1.82, 2.24) is 5.32 Å². The molecule has 1 atom stereocenters. The van der Waals surface area contributed by atoms with Gasteiger partial charge in [-0.2, -0.15) is 0 Å². The second kappa shape index (κ2) is 2.36. The van der Waals surface area contributed by atoms with Gasteiger partial charge in [0.2, 0.25) is 0 Å². The molecule has 11 heavy (non-hydrogen) atoms. The monoisotopic (exact) mass is 193 g/mol. The summed E-state index contributed by atoms with van der Waals surface area (Å²) in [6.45, 7) is 0. The van der Waals surface area contributed by atoms with Crippen LogP contribution in [0.1, 0.15) is 0 Å². The first-order valence-corrected chi connectivity index (χ1v) is 4.90. The molecule has 1 unspecified atom stereocenters. The third kappa shape index (κ3) is 1.62. The van der Waals surface area contributed by atoms with Crippen molar-refractivity contribution < 1.29 is 18.4 Å². The molecular formula is C4H3NO4S2. The molecule has 0 aromatic carbocycles.